The fourth-order valence-electron chi connectivity index (χ4n) is 4.76. The van der Waals surface area contributed by atoms with Gasteiger partial charge < -0.3 is 4.90 Å². The first-order valence-electron chi connectivity index (χ1n) is 11.2. The number of pyridine rings is 2. The van der Waals surface area contributed by atoms with Crippen molar-refractivity contribution in [1.82, 2.24) is 19.5 Å². The Morgan fingerprint density at radius 2 is 1.82 bits per heavy atom. The highest BCUT2D eigenvalue weighted by Crippen LogP contribution is 2.32. The smallest absolute Gasteiger partial charge is 0.227 e. The molecular formula is C28H21N5O. The monoisotopic (exact) mass is 443 g/mol. The maximum absolute atomic E-state index is 12.2. The largest absolute Gasteiger partial charge is 0.312 e. The maximum Gasteiger partial charge on any atom is 0.227 e. The van der Waals surface area contributed by atoms with Gasteiger partial charge in [-0.25, -0.2) is 4.98 Å². The first kappa shape index (κ1) is 20.1. The Hall–Kier alpha value is -4.50. The van der Waals surface area contributed by atoms with Gasteiger partial charge in [0.2, 0.25) is 5.91 Å². The highest BCUT2D eigenvalue weighted by Gasteiger charge is 2.22. The van der Waals surface area contributed by atoms with E-state index in [1.165, 1.54) is 0 Å². The molecule has 2 aromatic carbocycles. The van der Waals surface area contributed by atoms with E-state index < -0.39 is 0 Å². The minimum atomic E-state index is 0.167. The number of carbonyl (C=O) groups is 1. The molecule has 1 fully saturated rings. The van der Waals surface area contributed by atoms with Gasteiger partial charge in [0.1, 0.15) is 5.52 Å². The summed E-state index contributed by atoms with van der Waals surface area (Å²) in [6, 6.07) is 18.1. The molecule has 1 amide bonds. The second kappa shape index (κ2) is 7.82. The number of rotatable bonds is 3. The molecule has 1 aliphatic rings. The van der Waals surface area contributed by atoms with E-state index in [2.05, 4.69) is 39.1 Å². The van der Waals surface area contributed by atoms with Gasteiger partial charge in [-0.15, -0.1) is 6.42 Å². The van der Waals surface area contributed by atoms with Crippen molar-refractivity contribution in [3.05, 3.63) is 78.5 Å². The number of imidazole rings is 1. The third-order valence-electron chi connectivity index (χ3n) is 6.42. The van der Waals surface area contributed by atoms with Crippen LogP contribution in [-0.4, -0.2) is 32.0 Å². The Morgan fingerprint density at radius 3 is 2.56 bits per heavy atom. The van der Waals surface area contributed by atoms with Crippen molar-refractivity contribution >= 4 is 33.5 Å². The summed E-state index contributed by atoms with van der Waals surface area (Å²) in [6.45, 7) is 2.76. The van der Waals surface area contributed by atoms with Gasteiger partial charge in [-0.05, 0) is 67.3 Å². The van der Waals surface area contributed by atoms with E-state index in [1.807, 2.05) is 52.8 Å². The van der Waals surface area contributed by atoms with Crippen molar-refractivity contribution in [2.24, 2.45) is 0 Å². The van der Waals surface area contributed by atoms with Gasteiger partial charge in [0.15, 0.2) is 5.82 Å². The topological polar surface area (TPSA) is 63.9 Å². The second-order valence-corrected chi connectivity index (χ2v) is 8.44. The van der Waals surface area contributed by atoms with Crippen LogP contribution in [0.15, 0.2) is 67.0 Å². The van der Waals surface area contributed by atoms with E-state index in [4.69, 9.17) is 6.42 Å². The van der Waals surface area contributed by atoms with E-state index in [1.54, 1.807) is 12.4 Å². The summed E-state index contributed by atoms with van der Waals surface area (Å²) in [4.78, 5) is 27.7. The number of aryl methyl sites for hydroxylation is 1. The molecule has 0 saturated carbocycles. The molecule has 1 saturated heterocycles. The summed E-state index contributed by atoms with van der Waals surface area (Å²) < 4.78 is 1.99. The predicted molar refractivity (Wildman–Crippen MR) is 134 cm³/mol. The molecule has 0 atom stereocenters. The van der Waals surface area contributed by atoms with Gasteiger partial charge in [0, 0.05) is 47.2 Å². The summed E-state index contributed by atoms with van der Waals surface area (Å²) in [5.41, 5.74) is 7.40. The van der Waals surface area contributed by atoms with Crippen LogP contribution in [0.5, 0.6) is 0 Å². The van der Waals surface area contributed by atoms with Crippen molar-refractivity contribution in [3.8, 4) is 29.2 Å². The van der Waals surface area contributed by atoms with Crippen molar-refractivity contribution < 1.29 is 4.79 Å². The molecule has 164 valence electrons. The number of hydrogen-bond acceptors (Lipinski definition) is 4. The summed E-state index contributed by atoms with van der Waals surface area (Å²) in [6.07, 6.45) is 10.9. The first-order valence-corrected chi connectivity index (χ1v) is 11.2. The van der Waals surface area contributed by atoms with Crippen LogP contribution < -0.4 is 4.90 Å². The number of amides is 1. The summed E-state index contributed by atoms with van der Waals surface area (Å²) in [5.74, 6) is 3.41. The lowest BCUT2D eigenvalue weighted by Crippen LogP contribution is -2.23. The second-order valence-electron chi connectivity index (χ2n) is 8.44. The van der Waals surface area contributed by atoms with Crippen molar-refractivity contribution in [2.75, 3.05) is 11.4 Å². The number of terminal acetylenes is 1. The average molecular weight is 444 g/mol. The fraction of sp³-hybridized carbons (Fsp3) is 0.143. The zero-order valence-electron chi connectivity index (χ0n) is 18.7. The highest BCUT2D eigenvalue weighted by molar-refractivity contribution is 6.05. The molecule has 0 spiro atoms. The molecule has 6 heteroatoms. The summed E-state index contributed by atoms with van der Waals surface area (Å²) in [5, 5.41) is 0.964. The molecule has 0 aliphatic carbocycles. The van der Waals surface area contributed by atoms with Crippen LogP contribution in [-0.2, 0) is 4.79 Å². The molecule has 4 heterocycles. The Morgan fingerprint density at radius 1 is 1.00 bits per heavy atom. The minimum Gasteiger partial charge on any atom is -0.312 e. The van der Waals surface area contributed by atoms with E-state index in [-0.39, 0.29) is 5.91 Å². The third kappa shape index (κ3) is 3.13. The molecule has 5 aromatic rings. The van der Waals surface area contributed by atoms with Crippen LogP contribution in [0.25, 0.3) is 38.8 Å². The lowest BCUT2D eigenvalue weighted by atomic mass is 10.0. The number of nitrogens with zero attached hydrogens (tertiary/aromatic N) is 5. The number of anilines is 1. The van der Waals surface area contributed by atoms with Crippen LogP contribution in [0, 0.1) is 19.3 Å². The Bertz CT molecular complexity index is 1630. The van der Waals surface area contributed by atoms with Crippen LogP contribution in [0.3, 0.4) is 0 Å². The number of aromatic nitrogens is 4. The van der Waals surface area contributed by atoms with E-state index in [0.29, 0.717) is 12.2 Å². The van der Waals surface area contributed by atoms with Gasteiger partial charge in [0.05, 0.1) is 17.2 Å². The van der Waals surface area contributed by atoms with Crippen LogP contribution in [0.2, 0.25) is 0 Å². The molecule has 0 unspecified atom stereocenters. The molecule has 0 radical (unpaired) electrons. The van der Waals surface area contributed by atoms with E-state index in [9.17, 15) is 4.79 Å². The van der Waals surface area contributed by atoms with Gasteiger partial charge in [-0.3, -0.25) is 19.3 Å². The number of carbonyl (C=O) groups excluding carboxylic acids is 1. The third-order valence-corrected chi connectivity index (χ3v) is 6.42. The molecule has 0 bridgehead atoms. The van der Waals surface area contributed by atoms with E-state index >= 15 is 0 Å². The van der Waals surface area contributed by atoms with Crippen molar-refractivity contribution in [2.45, 2.75) is 19.8 Å². The van der Waals surface area contributed by atoms with Crippen LogP contribution in [0.4, 0.5) is 5.69 Å². The molecule has 1 aliphatic heterocycles. The van der Waals surface area contributed by atoms with Gasteiger partial charge in [0.25, 0.3) is 0 Å². The summed E-state index contributed by atoms with van der Waals surface area (Å²) >= 11 is 0. The van der Waals surface area contributed by atoms with Crippen LogP contribution in [0.1, 0.15) is 24.4 Å². The molecular weight excluding hydrogens is 422 g/mol. The predicted octanol–water partition coefficient (Wildman–Crippen LogP) is 5.05. The molecule has 6 rings (SSSR count). The number of fused-ring (bicyclic) bond motifs is 3. The maximum atomic E-state index is 12.2. The van der Waals surface area contributed by atoms with Crippen molar-refractivity contribution in [1.29, 1.82) is 0 Å². The Labute approximate surface area is 196 Å². The lowest BCUT2D eigenvalue weighted by molar-refractivity contribution is -0.117. The fourth-order valence-corrected chi connectivity index (χ4v) is 4.76. The normalized spacial score (nSPS) is 13.6. The Balaban J connectivity index is 1.56. The molecule has 3 aromatic heterocycles. The van der Waals surface area contributed by atoms with Crippen molar-refractivity contribution in [3.63, 3.8) is 0 Å². The zero-order valence-corrected chi connectivity index (χ0v) is 18.7. The zero-order chi connectivity index (χ0) is 23.2. The van der Waals surface area contributed by atoms with E-state index in [0.717, 1.165) is 63.1 Å². The average Bonchev–Trinajstić information content (AvgIpc) is 3.47. The Kier molecular flexibility index (Phi) is 4.63. The quantitative estimate of drug-likeness (QED) is 0.366. The molecule has 0 N–H and O–H groups in total. The first-order chi connectivity index (χ1) is 16.6. The molecule has 6 nitrogen and oxygen atoms in total. The van der Waals surface area contributed by atoms with Crippen LogP contribution >= 0.6 is 0 Å². The van der Waals surface area contributed by atoms with Gasteiger partial charge in [-0.1, -0.05) is 12.1 Å². The standard InChI is InChI=1S/C28H21N5O/c1-3-26-31-25-17-30-24-13-8-19(22-6-4-14-29-18(22)2)16-23(24)28(25)33(26)21-11-9-20(10-12-21)32-15-5-7-27(32)34/h1,4,6,8-14,16-17H,5,7,15H2,2H3. The minimum absolute atomic E-state index is 0.167. The summed E-state index contributed by atoms with van der Waals surface area (Å²) in [7, 11) is 0. The number of hydrogen-bond donors (Lipinski definition) is 0. The van der Waals surface area contributed by atoms with Gasteiger partial charge >= 0.3 is 0 Å². The molecule has 34 heavy (non-hydrogen) atoms. The highest BCUT2D eigenvalue weighted by atomic mass is 16.2. The lowest BCUT2D eigenvalue weighted by Gasteiger charge is -2.16. The van der Waals surface area contributed by atoms with Gasteiger partial charge in [-0.2, -0.15) is 0 Å². The number of benzene rings is 2. The SMILES string of the molecule is C#Cc1nc2cnc3ccc(-c4cccnc4C)cc3c2n1-c1ccc(N2CCCC2=O)cc1.